The van der Waals surface area contributed by atoms with Crippen LogP contribution in [0.4, 0.5) is 0 Å². The van der Waals surface area contributed by atoms with Gasteiger partial charge in [0.15, 0.2) is 0 Å². The summed E-state index contributed by atoms with van der Waals surface area (Å²) in [5, 5.41) is 11.2. The Balaban J connectivity index is 2.11. The van der Waals surface area contributed by atoms with Gasteiger partial charge in [-0.1, -0.05) is 0 Å². The van der Waals surface area contributed by atoms with E-state index in [4.69, 9.17) is 14.2 Å². The zero-order valence-corrected chi connectivity index (χ0v) is 12.4. The van der Waals surface area contributed by atoms with Crippen LogP contribution in [0.2, 0.25) is 0 Å². The topological polar surface area (TPSA) is 65.5 Å². The van der Waals surface area contributed by atoms with E-state index in [2.05, 4.69) is 15.5 Å². The van der Waals surface area contributed by atoms with Crippen LogP contribution >= 0.6 is 0 Å². The van der Waals surface area contributed by atoms with Crippen molar-refractivity contribution in [3.8, 4) is 17.2 Å². The molecule has 6 nitrogen and oxygen atoms in total. The lowest BCUT2D eigenvalue weighted by atomic mass is 10.1. The van der Waals surface area contributed by atoms with Crippen molar-refractivity contribution >= 4 is 0 Å². The van der Waals surface area contributed by atoms with E-state index < -0.39 is 0 Å². The predicted molar refractivity (Wildman–Crippen MR) is 78.7 cm³/mol. The van der Waals surface area contributed by atoms with Gasteiger partial charge in [-0.05, 0) is 12.1 Å². The number of aromatic nitrogens is 2. The lowest BCUT2D eigenvalue weighted by Gasteiger charge is -2.15. The van der Waals surface area contributed by atoms with Crippen molar-refractivity contribution in [2.24, 2.45) is 0 Å². The first-order valence-corrected chi connectivity index (χ1v) is 6.54. The number of ether oxygens (including phenoxy) is 3. The van der Waals surface area contributed by atoms with Crippen molar-refractivity contribution in [2.45, 2.75) is 13.1 Å². The molecule has 0 aliphatic carbocycles. The number of methoxy groups -OCH3 is 3. The summed E-state index contributed by atoms with van der Waals surface area (Å²) in [6, 6.07) is 7.45. The molecule has 1 aromatic heterocycles. The first kappa shape index (κ1) is 15.1. The minimum atomic E-state index is 0.590. The van der Waals surface area contributed by atoms with Gasteiger partial charge < -0.3 is 19.5 Å². The Bertz CT molecular complexity index is 551. The Morgan fingerprint density at radius 2 is 1.71 bits per heavy atom. The molecule has 2 aromatic rings. The van der Waals surface area contributed by atoms with Gasteiger partial charge in [0.1, 0.15) is 17.2 Å². The van der Waals surface area contributed by atoms with Gasteiger partial charge in [-0.15, -0.1) is 0 Å². The zero-order chi connectivity index (χ0) is 15.1. The van der Waals surface area contributed by atoms with Crippen LogP contribution in [0.25, 0.3) is 0 Å². The Kier molecular flexibility index (Phi) is 5.34. The molecule has 0 fully saturated rings. The van der Waals surface area contributed by atoms with E-state index in [1.165, 1.54) is 0 Å². The fraction of sp³-hybridized carbons (Fsp3) is 0.333. The van der Waals surface area contributed by atoms with Gasteiger partial charge in [0.2, 0.25) is 0 Å². The molecule has 0 radical (unpaired) electrons. The minimum absolute atomic E-state index is 0.590. The van der Waals surface area contributed by atoms with E-state index in [0.717, 1.165) is 22.8 Å². The molecular weight excluding hydrogens is 270 g/mol. The summed E-state index contributed by atoms with van der Waals surface area (Å²) in [4.78, 5) is 0. The fourth-order valence-corrected chi connectivity index (χ4v) is 2.00. The standard InChI is InChI=1S/C15H19N3O3/c1-19-12-7-14(20-2)13(15(8-12)21-3)10-16-9-11-5-4-6-17-18-11/h4-8,16H,9-10H2,1-3H3. The predicted octanol–water partition coefficient (Wildman–Crippen LogP) is 1.79. The Labute approximate surface area is 124 Å². The van der Waals surface area contributed by atoms with E-state index in [1.54, 1.807) is 27.5 Å². The molecule has 1 heterocycles. The number of hydrogen-bond acceptors (Lipinski definition) is 6. The summed E-state index contributed by atoms with van der Waals surface area (Å²) >= 11 is 0. The monoisotopic (exact) mass is 289 g/mol. The molecule has 0 saturated carbocycles. The fourth-order valence-electron chi connectivity index (χ4n) is 2.00. The average Bonchev–Trinajstić information content (AvgIpc) is 2.55. The maximum atomic E-state index is 5.41. The number of rotatable bonds is 7. The molecule has 0 saturated heterocycles. The molecular formula is C15H19N3O3. The number of nitrogens with one attached hydrogen (secondary N) is 1. The van der Waals surface area contributed by atoms with Crippen LogP contribution in [0.5, 0.6) is 17.2 Å². The van der Waals surface area contributed by atoms with Crippen LogP contribution in [0.15, 0.2) is 30.5 Å². The quantitative estimate of drug-likeness (QED) is 0.838. The summed E-state index contributed by atoms with van der Waals surface area (Å²) in [5.74, 6) is 2.14. The number of nitrogens with zero attached hydrogens (tertiary/aromatic N) is 2. The Morgan fingerprint density at radius 3 is 2.24 bits per heavy atom. The Morgan fingerprint density at radius 1 is 1.00 bits per heavy atom. The van der Waals surface area contributed by atoms with Gasteiger partial charge in [-0.2, -0.15) is 10.2 Å². The maximum Gasteiger partial charge on any atom is 0.130 e. The SMILES string of the molecule is COc1cc(OC)c(CNCc2cccnn2)c(OC)c1. The van der Waals surface area contributed by atoms with Crippen LogP contribution in [-0.4, -0.2) is 31.5 Å². The third-order valence-corrected chi connectivity index (χ3v) is 3.05. The second-order valence-corrected chi connectivity index (χ2v) is 4.33. The minimum Gasteiger partial charge on any atom is -0.496 e. The highest BCUT2D eigenvalue weighted by Gasteiger charge is 2.12. The van der Waals surface area contributed by atoms with Crippen molar-refractivity contribution < 1.29 is 14.2 Å². The van der Waals surface area contributed by atoms with Crippen LogP contribution < -0.4 is 19.5 Å². The molecule has 2 rings (SSSR count). The second kappa shape index (κ2) is 7.44. The van der Waals surface area contributed by atoms with Gasteiger partial charge >= 0.3 is 0 Å². The zero-order valence-electron chi connectivity index (χ0n) is 12.4. The first-order valence-electron chi connectivity index (χ1n) is 6.54. The molecule has 6 heteroatoms. The van der Waals surface area contributed by atoms with Crippen molar-refractivity contribution in [1.29, 1.82) is 0 Å². The van der Waals surface area contributed by atoms with Gasteiger partial charge in [-0.3, -0.25) is 0 Å². The van der Waals surface area contributed by atoms with Gasteiger partial charge in [-0.25, -0.2) is 0 Å². The summed E-state index contributed by atoms with van der Waals surface area (Å²) in [6.07, 6.45) is 1.65. The van der Waals surface area contributed by atoms with E-state index in [-0.39, 0.29) is 0 Å². The van der Waals surface area contributed by atoms with Crippen LogP contribution in [0.1, 0.15) is 11.3 Å². The normalized spacial score (nSPS) is 10.2. The molecule has 1 aromatic carbocycles. The van der Waals surface area contributed by atoms with Crippen molar-refractivity contribution in [1.82, 2.24) is 15.5 Å². The summed E-state index contributed by atoms with van der Waals surface area (Å²) in [7, 11) is 4.86. The highest BCUT2D eigenvalue weighted by molar-refractivity contribution is 5.50. The van der Waals surface area contributed by atoms with Crippen LogP contribution in [0.3, 0.4) is 0 Å². The molecule has 0 aliphatic rings. The number of benzene rings is 1. The van der Waals surface area contributed by atoms with Crippen molar-refractivity contribution in [3.63, 3.8) is 0 Å². The molecule has 112 valence electrons. The Hall–Kier alpha value is -2.34. The van der Waals surface area contributed by atoms with Crippen molar-refractivity contribution in [2.75, 3.05) is 21.3 Å². The molecule has 0 amide bonds. The largest absolute Gasteiger partial charge is 0.496 e. The van der Waals surface area contributed by atoms with E-state index in [0.29, 0.717) is 18.8 Å². The third-order valence-electron chi connectivity index (χ3n) is 3.05. The lowest BCUT2D eigenvalue weighted by molar-refractivity contribution is 0.366. The number of hydrogen-bond donors (Lipinski definition) is 1. The van der Waals surface area contributed by atoms with Gasteiger partial charge in [0, 0.05) is 31.4 Å². The summed E-state index contributed by atoms with van der Waals surface area (Å²) in [5.41, 5.74) is 1.81. The highest BCUT2D eigenvalue weighted by atomic mass is 16.5. The molecule has 1 N–H and O–H groups in total. The maximum absolute atomic E-state index is 5.41. The first-order chi connectivity index (χ1) is 10.3. The lowest BCUT2D eigenvalue weighted by Crippen LogP contribution is -2.15. The van der Waals surface area contributed by atoms with Gasteiger partial charge in [0.25, 0.3) is 0 Å². The van der Waals surface area contributed by atoms with E-state index in [9.17, 15) is 0 Å². The molecule has 0 aliphatic heterocycles. The third kappa shape index (κ3) is 3.82. The summed E-state index contributed by atoms with van der Waals surface area (Å²) in [6.45, 7) is 1.21. The second-order valence-electron chi connectivity index (χ2n) is 4.33. The molecule has 0 bridgehead atoms. The van der Waals surface area contributed by atoms with Crippen molar-refractivity contribution in [3.05, 3.63) is 41.7 Å². The summed E-state index contributed by atoms with van der Waals surface area (Å²) < 4.78 is 16.0. The molecule has 21 heavy (non-hydrogen) atoms. The molecule has 0 spiro atoms. The average molecular weight is 289 g/mol. The van der Waals surface area contributed by atoms with Crippen LogP contribution in [0, 0.1) is 0 Å². The molecule has 0 unspecified atom stereocenters. The smallest absolute Gasteiger partial charge is 0.130 e. The van der Waals surface area contributed by atoms with Crippen LogP contribution in [-0.2, 0) is 13.1 Å². The van der Waals surface area contributed by atoms with Gasteiger partial charge in [0.05, 0.1) is 32.6 Å². The van der Waals surface area contributed by atoms with E-state index >= 15 is 0 Å². The molecule has 0 atom stereocenters. The van der Waals surface area contributed by atoms with E-state index in [1.807, 2.05) is 24.3 Å². The highest BCUT2D eigenvalue weighted by Crippen LogP contribution is 2.33.